The number of rotatable bonds is 2. The molecule has 1 heterocycles. The fourth-order valence-electron chi connectivity index (χ4n) is 3.35. The van der Waals surface area contributed by atoms with Crippen molar-refractivity contribution in [2.75, 3.05) is 26.3 Å². The van der Waals surface area contributed by atoms with E-state index in [0.29, 0.717) is 49.2 Å². The predicted molar refractivity (Wildman–Crippen MR) is 89.7 cm³/mol. The van der Waals surface area contributed by atoms with Crippen molar-refractivity contribution in [2.24, 2.45) is 17.8 Å². The first-order valence-electron chi connectivity index (χ1n) is 8.31. The van der Waals surface area contributed by atoms with Crippen molar-refractivity contribution in [3.63, 3.8) is 0 Å². The molecule has 1 saturated heterocycles. The molecule has 1 aliphatic heterocycles. The molecule has 2 aliphatic rings. The van der Waals surface area contributed by atoms with E-state index in [4.69, 9.17) is 21.7 Å². The van der Waals surface area contributed by atoms with Gasteiger partial charge >= 0.3 is 6.09 Å². The zero-order valence-corrected chi connectivity index (χ0v) is 14.7. The third-order valence-corrected chi connectivity index (χ3v) is 5.09. The number of ether oxygens (including phenoxy) is 2. The molecule has 5 nitrogen and oxygen atoms in total. The second kappa shape index (κ2) is 8.11. The summed E-state index contributed by atoms with van der Waals surface area (Å²) in [5.74, 6) is 1.58. The highest BCUT2D eigenvalue weighted by Crippen LogP contribution is 2.35. The smallest absolute Gasteiger partial charge is 0.413 e. The van der Waals surface area contributed by atoms with E-state index in [-0.39, 0.29) is 6.10 Å². The van der Waals surface area contributed by atoms with Crippen molar-refractivity contribution in [3.8, 4) is 0 Å². The molecule has 126 valence electrons. The van der Waals surface area contributed by atoms with E-state index in [2.05, 4.69) is 26.1 Å². The Balaban J connectivity index is 1.85. The van der Waals surface area contributed by atoms with Gasteiger partial charge < -0.3 is 14.4 Å². The minimum atomic E-state index is -0.416. The number of carbonyl (C=O) groups excluding carboxylic acids is 1. The maximum absolute atomic E-state index is 12.2. The van der Waals surface area contributed by atoms with Gasteiger partial charge in [-0.3, -0.25) is 5.32 Å². The van der Waals surface area contributed by atoms with Crippen LogP contribution < -0.4 is 5.32 Å². The third kappa shape index (κ3) is 4.81. The molecule has 0 spiro atoms. The molecule has 0 bridgehead atoms. The molecule has 1 N–H and O–H groups in total. The Kier molecular flexibility index (Phi) is 6.44. The molecular weight excluding hydrogens is 300 g/mol. The molecule has 2 fully saturated rings. The van der Waals surface area contributed by atoms with E-state index < -0.39 is 6.09 Å². The standard InChI is InChI=1S/C16H28N2O3S/c1-11(2)13-5-4-12(3)10-14(13)21-16(19)17-15(22)18-6-8-20-9-7-18/h11-14H,4-10H2,1-3H3,(H,17,19,22)/t12-,13-,14+/m0/s1. The lowest BCUT2D eigenvalue weighted by molar-refractivity contribution is 0.00758. The van der Waals surface area contributed by atoms with Crippen molar-refractivity contribution < 1.29 is 14.3 Å². The van der Waals surface area contributed by atoms with E-state index in [0.717, 1.165) is 12.8 Å². The Labute approximate surface area is 138 Å². The van der Waals surface area contributed by atoms with Crippen LogP contribution >= 0.6 is 12.2 Å². The lowest BCUT2D eigenvalue weighted by Gasteiger charge is -2.37. The van der Waals surface area contributed by atoms with Crippen molar-refractivity contribution >= 4 is 23.4 Å². The highest BCUT2D eigenvalue weighted by atomic mass is 32.1. The number of carbonyl (C=O) groups is 1. The summed E-state index contributed by atoms with van der Waals surface area (Å²) in [5.41, 5.74) is 0. The van der Waals surface area contributed by atoms with E-state index in [1.807, 2.05) is 4.90 Å². The number of thiocarbonyl (C=S) groups is 1. The number of nitrogens with zero attached hydrogens (tertiary/aromatic N) is 1. The maximum atomic E-state index is 12.2. The van der Waals surface area contributed by atoms with E-state index in [1.54, 1.807) is 0 Å². The molecule has 2 rings (SSSR count). The summed E-state index contributed by atoms with van der Waals surface area (Å²) < 4.78 is 11.0. The van der Waals surface area contributed by atoms with Gasteiger partial charge in [0.2, 0.25) is 0 Å². The van der Waals surface area contributed by atoms with Gasteiger partial charge in [0.1, 0.15) is 6.10 Å². The zero-order valence-electron chi connectivity index (χ0n) is 13.8. The zero-order chi connectivity index (χ0) is 16.1. The minimum absolute atomic E-state index is 0.00348. The summed E-state index contributed by atoms with van der Waals surface area (Å²) in [4.78, 5) is 14.1. The van der Waals surface area contributed by atoms with Gasteiger partial charge in [0.25, 0.3) is 0 Å². The van der Waals surface area contributed by atoms with Crippen LogP contribution in [-0.4, -0.2) is 48.5 Å². The number of amides is 1. The number of morpholine rings is 1. The predicted octanol–water partition coefficient (Wildman–Crippen LogP) is 2.79. The van der Waals surface area contributed by atoms with Gasteiger partial charge in [-0.25, -0.2) is 4.79 Å². The summed E-state index contributed by atoms with van der Waals surface area (Å²) in [7, 11) is 0. The van der Waals surface area contributed by atoms with Gasteiger partial charge in [0.05, 0.1) is 13.2 Å². The summed E-state index contributed by atoms with van der Waals surface area (Å²) in [5, 5.41) is 3.15. The molecule has 22 heavy (non-hydrogen) atoms. The van der Waals surface area contributed by atoms with Gasteiger partial charge in [0, 0.05) is 13.1 Å². The molecule has 1 aliphatic carbocycles. The number of nitrogens with one attached hydrogen (secondary N) is 1. The third-order valence-electron chi connectivity index (χ3n) is 4.73. The molecule has 0 aromatic heterocycles. The lowest BCUT2D eigenvalue weighted by atomic mass is 9.75. The lowest BCUT2D eigenvalue weighted by Crippen LogP contribution is -2.49. The van der Waals surface area contributed by atoms with Crippen molar-refractivity contribution in [1.29, 1.82) is 0 Å². The van der Waals surface area contributed by atoms with Crippen LogP contribution in [0, 0.1) is 17.8 Å². The van der Waals surface area contributed by atoms with Crippen LogP contribution in [0.25, 0.3) is 0 Å². The highest BCUT2D eigenvalue weighted by molar-refractivity contribution is 7.80. The fraction of sp³-hybridized carbons (Fsp3) is 0.875. The fourth-order valence-corrected chi connectivity index (χ4v) is 3.62. The Morgan fingerprint density at radius 1 is 1.32 bits per heavy atom. The van der Waals surface area contributed by atoms with Crippen LogP contribution in [0.4, 0.5) is 4.79 Å². The summed E-state index contributed by atoms with van der Waals surface area (Å²) in [6, 6.07) is 0. The van der Waals surface area contributed by atoms with Crippen molar-refractivity contribution in [2.45, 2.75) is 46.1 Å². The van der Waals surface area contributed by atoms with Crippen LogP contribution in [0.2, 0.25) is 0 Å². The molecule has 0 radical (unpaired) electrons. The molecule has 0 aromatic carbocycles. The number of hydrogen-bond acceptors (Lipinski definition) is 4. The van der Waals surface area contributed by atoms with Crippen molar-refractivity contribution in [3.05, 3.63) is 0 Å². The Bertz CT molecular complexity index is 397. The normalized spacial score (nSPS) is 29.3. The average molecular weight is 328 g/mol. The highest BCUT2D eigenvalue weighted by Gasteiger charge is 2.33. The largest absolute Gasteiger partial charge is 0.446 e. The van der Waals surface area contributed by atoms with Crippen LogP contribution in [0.5, 0.6) is 0 Å². The maximum Gasteiger partial charge on any atom is 0.413 e. The van der Waals surface area contributed by atoms with E-state index >= 15 is 0 Å². The first kappa shape index (κ1) is 17.5. The summed E-state index contributed by atoms with van der Waals surface area (Å²) >= 11 is 5.28. The molecule has 6 heteroatoms. The Morgan fingerprint density at radius 3 is 2.64 bits per heavy atom. The van der Waals surface area contributed by atoms with Crippen LogP contribution in [0.1, 0.15) is 40.0 Å². The van der Waals surface area contributed by atoms with E-state index in [9.17, 15) is 4.79 Å². The molecule has 0 aromatic rings. The topological polar surface area (TPSA) is 50.8 Å². The second-order valence-corrected chi connectivity index (χ2v) is 7.19. The molecule has 0 unspecified atom stereocenters. The Hall–Kier alpha value is -0.880. The first-order valence-corrected chi connectivity index (χ1v) is 8.72. The first-order chi connectivity index (χ1) is 10.5. The minimum Gasteiger partial charge on any atom is -0.446 e. The monoisotopic (exact) mass is 328 g/mol. The van der Waals surface area contributed by atoms with Crippen LogP contribution in [0.3, 0.4) is 0 Å². The summed E-state index contributed by atoms with van der Waals surface area (Å²) in [6.07, 6.45) is 2.87. The second-order valence-electron chi connectivity index (χ2n) is 6.80. The average Bonchev–Trinajstić information content (AvgIpc) is 2.47. The van der Waals surface area contributed by atoms with Gasteiger partial charge in [-0.15, -0.1) is 0 Å². The quantitative estimate of drug-likeness (QED) is 0.790. The summed E-state index contributed by atoms with van der Waals surface area (Å²) in [6.45, 7) is 9.35. The molecule has 1 saturated carbocycles. The molecular formula is C16H28N2O3S. The van der Waals surface area contributed by atoms with Crippen molar-refractivity contribution in [1.82, 2.24) is 10.2 Å². The number of hydrogen-bond donors (Lipinski definition) is 1. The van der Waals surface area contributed by atoms with Gasteiger partial charge in [0.15, 0.2) is 5.11 Å². The van der Waals surface area contributed by atoms with Crippen LogP contribution in [0.15, 0.2) is 0 Å². The van der Waals surface area contributed by atoms with Gasteiger partial charge in [-0.05, 0) is 42.8 Å². The molecule has 1 amide bonds. The van der Waals surface area contributed by atoms with Gasteiger partial charge in [-0.2, -0.15) is 0 Å². The molecule has 3 atom stereocenters. The van der Waals surface area contributed by atoms with Crippen LogP contribution in [-0.2, 0) is 9.47 Å². The van der Waals surface area contributed by atoms with E-state index in [1.165, 1.54) is 6.42 Å². The SMILES string of the molecule is CC(C)[C@@H]1CC[C@H](C)C[C@H]1OC(=O)NC(=S)N1CCOCC1. The number of alkyl carbamates (subject to hydrolysis) is 1. The Morgan fingerprint density at radius 2 is 2.00 bits per heavy atom. The van der Waals surface area contributed by atoms with Gasteiger partial charge in [-0.1, -0.05) is 27.2 Å².